The summed E-state index contributed by atoms with van der Waals surface area (Å²) in [5, 5.41) is 5.26. The standard InChI is InChI=1S/C23H18F3N3O2/c24-23(25,26)16-6-2-8-18(11-16)28-21(30)14-4-1-7-17(10-14)29-22(31)20-12-19(20)15-5-3-9-27-13-15/h1-11,13,19-20H,12H2,(H,28,30)(H,29,31)/t19-,20+/m1/s1. The van der Waals surface area contributed by atoms with Crippen molar-refractivity contribution in [3.05, 3.63) is 89.7 Å². The van der Waals surface area contributed by atoms with Crippen molar-refractivity contribution in [1.82, 2.24) is 4.98 Å². The number of hydrogen-bond acceptors (Lipinski definition) is 3. The summed E-state index contributed by atoms with van der Waals surface area (Å²) in [4.78, 5) is 29.1. The van der Waals surface area contributed by atoms with Crippen LogP contribution in [0.3, 0.4) is 0 Å². The molecule has 0 bridgehead atoms. The van der Waals surface area contributed by atoms with Crippen LogP contribution in [0.2, 0.25) is 0 Å². The van der Waals surface area contributed by atoms with Gasteiger partial charge in [0.2, 0.25) is 5.91 Å². The van der Waals surface area contributed by atoms with Crippen LogP contribution in [-0.2, 0) is 11.0 Å². The van der Waals surface area contributed by atoms with Crippen LogP contribution in [0.4, 0.5) is 24.5 Å². The van der Waals surface area contributed by atoms with Crippen LogP contribution >= 0.6 is 0 Å². The third-order valence-corrected chi connectivity index (χ3v) is 5.08. The number of carbonyl (C=O) groups is 2. The van der Waals surface area contributed by atoms with Crippen molar-refractivity contribution < 1.29 is 22.8 Å². The van der Waals surface area contributed by atoms with E-state index in [-0.39, 0.29) is 29.0 Å². The highest BCUT2D eigenvalue weighted by Gasteiger charge is 2.44. The molecule has 5 nitrogen and oxygen atoms in total. The summed E-state index contributed by atoms with van der Waals surface area (Å²) >= 11 is 0. The van der Waals surface area contributed by atoms with Crippen molar-refractivity contribution in [1.29, 1.82) is 0 Å². The van der Waals surface area contributed by atoms with Crippen molar-refractivity contribution in [2.24, 2.45) is 5.92 Å². The van der Waals surface area contributed by atoms with Gasteiger partial charge >= 0.3 is 6.18 Å². The van der Waals surface area contributed by atoms with Gasteiger partial charge < -0.3 is 10.6 Å². The Morgan fingerprint density at radius 3 is 2.39 bits per heavy atom. The summed E-state index contributed by atoms with van der Waals surface area (Å²) in [6, 6.07) is 14.4. The number of hydrogen-bond donors (Lipinski definition) is 2. The van der Waals surface area contributed by atoms with E-state index in [2.05, 4.69) is 15.6 Å². The molecule has 0 saturated heterocycles. The maximum absolute atomic E-state index is 12.9. The average Bonchev–Trinajstić information content (AvgIpc) is 3.55. The molecule has 4 rings (SSSR count). The molecule has 31 heavy (non-hydrogen) atoms. The molecule has 2 amide bonds. The molecule has 1 aromatic heterocycles. The first-order valence-electron chi connectivity index (χ1n) is 9.61. The van der Waals surface area contributed by atoms with E-state index >= 15 is 0 Å². The lowest BCUT2D eigenvalue weighted by atomic mass is 10.1. The summed E-state index contributed by atoms with van der Waals surface area (Å²) in [5.74, 6) is -0.757. The molecule has 8 heteroatoms. The highest BCUT2D eigenvalue weighted by molar-refractivity contribution is 6.05. The maximum Gasteiger partial charge on any atom is 0.416 e. The number of nitrogens with one attached hydrogen (secondary N) is 2. The molecule has 1 heterocycles. The molecule has 0 radical (unpaired) electrons. The molecular formula is C23H18F3N3O2. The van der Waals surface area contributed by atoms with Crippen LogP contribution in [0.1, 0.15) is 33.8 Å². The van der Waals surface area contributed by atoms with E-state index < -0.39 is 17.6 Å². The smallest absolute Gasteiger partial charge is 0.326 e. The van der Waals surface area contributed by atoms with Gasteiger partial charge in [-0.05, 0) is 60.4 Å². The Labute approximate surface area is 176 Å². The van der Waals surface area contributed by atoms with Crippen LogP contribution in [0, 0.1) is 5.92 Å². The second-order valence-corrected chi connectivity index (χ2v) is 7.34. The van der Waals surface area contributed by atoms with Gasteiger partial charge in [-0.25, -0.2) is 0 Å². The van der Waals surface area contributed by atoms with Crippen LogP contribution < -0.4 is 10.6 Å². The van der Waals surface area contributed by atoms with Crippen LogP contribution in [0.5, 0.6) is 0 Å². The fourth-order valence-corrected chi connectivity index (χ4v) is 3.40. The first-order valence-corrected chi connectivity index (χ1v) is 9.61. The molecule has 1 saturated carbocycles. The summed E-state index contributed by atoms with van der Waals surface area (Å²) in [6.45, 7) is 0. The van der Waals surface area contributed by atoms with Gasteiger partial charge in [-0.1, -0.05) is 18.2 Å². The van der Waals surface area contributed by atoms with E-state index in [1.54, 1.807) is 24.5 Å². The lowest BCUT2D eigenvalue weighted by molar-refractivity contribution is -0.137. The van der Waals surface area contributed by atoms with Crippen LogP contribution in [-0.4, -0.2) is 16.8 Å². The number of aromatic nitrogens is 1. The second kappa shape index (κ2) is 8.22. The van der Waals surface area contributed by atoms with E-state index in [1.807, 2.05) is 12.1 Å². The SMILES string of the molecule is O=C(Nc1cccc(C(F)(F)F)c1)c1cccc(NC(=O)[C@H]2C[C@@H]2c2cccnc2)c1. The first-order chi connectivity index (χ1) is 14.8. The van der Waals surface area contributed by atoms with E-state index in [9.17, 15) is 22.8 Å². The Balaban J connectivity index is 1.40. The van der Waals surface area contributed by atoms with Crippen LogP contribution in [0.15, 0.2) is 73.1 Å². The highest BCUT2D eigenvalue weighted by atomic mass is 19.4. The quantitative estimate of drug-likeness (QED) is 0.598. The summed E-state index contributed by atoms with van der Waals surface area (Å²) < 4.78 is 38.6. The number of rotatable bonds is 5. The number of nitrogens with zero attached hydrogens (tertiary/aromatic N) is 1. The molecule has 3 aromatic rings. The largest absolute Gasteiger partial charge is 0.416 e. The van der Waals surface area contributed by atoms with Gasteiger partial charge in [0.1, 0.15) is 0 Å². The van der Waals surface area contributed by atoms with E-state index in [1.165, 1.54) is 24.3 Å². The Kier molecular flexibility index (Phi) is 5.46. The monoisotopic (exact) mass is 425 g/mol. The Morgan fingerprint density at radius 1 is 0.935 bits per heavy atom. The Bertz CT molecular complexity index is 1120. The molecule has 2 atom stereocenters. The van der Waals surface area contributed by atoms with Crippen LogP contribution in [0.25, 0.3) is 0 Å². The van der Waals surface area contributed by atoms with Gasteiger partial charge in [0.05, 0.1) is 5.56 Å². The Hall–Kier alpha value is -3.68. The summed E-state index contributed by atoms with van der Waals surface area (Å²) in [5.41, 5.74) is 0.857. The zero-order valence-corrected chi connectivity index (χ0v) is 16.2. The van der Waals surface area contributed by atoms with E-state index in [0.717, 1.165) is 24.1 Å². The minimum Gasteiger partial charge on any atom is -0.326 e. The van der Waals surface area contributed by atoms with Gasteiger partial charge in [0, 0.05) is 35.2 Å². The zero-order valence-electron chi connectivity index (χ0n) is 16.2. The lowest BCUT2D eigenvalue weighted by Crippen LogP contribution is -2.16. The molecule has 0 unspecified atom stereocenters. The van der Waals surface area contributed by atoms with E-state index in [4.69, 9.17) is 0 Å². The van der Waals surface area contributed by atoms with Gasteiger partial charge in [0.25, 0.3) is 5.91 Å². The molecular weight excluding hydrogens is 407 g/mol. The molecule has 0 aliphatic heterocycles. The molecule has 1 aliphatic carbocycles. The number of anilines is 2. The zero-order chi connectivity index (χ0) is 22.0. The Morgan fingerprint density at radius 2 is 1.68 bits per heavy atom. The minimum atomic E-state index is -4.50. The molecule has 2 aromatic carbocycles. The average molecular weight is 425 g/mol. The third-order valence-electron chi connectivity index (χ3n) is 5.08. The number of carbonyl (C=O) groups excluding carboxylic acids is 2. The van der Waals surface area contributed by atoms with Crippen molar-refractivity contribution in [2.75, 3.05) is 10.6 Å². The number of halogens is 3. The second-order valence-electron chi connectivity index (χ2n) is 7.34. The predicted octanol–water partition coefficient (Wildman–Crippen LogP) is 5.09. The molecule has 1 fully saturated rings. The molecule has 2 N–H and O–H groups in total. The molecule has 1 aliphatic rings. The normalized spacial score (nSPS) is 17.6. The van der Waals surface area contributed by atoms with Gasteiger partial charge in [-0.2, -0.15) is 13.2 Å². The van der Waals surface area contributed by atoms with Crippen molar-refractivity contribution in [2.45, 2.75) is 18.5 Å². The van der Waals surface area contributed by atoms with Gasteiger partial charge in [-0.15, -0.1) is 0 Å². The summed E-state index contributed by atoms with van der Waals surface area (Å²) in [7, 11) is 0. The van der Waals surface area contributed by atoms with Gasteiger partial charge in [-0.3, -0.25) is 14.6 Å². The van der Waals surface area contributed by atoms with Crippen molar-refractivity contribution in [3.63, 3.8) is 0 Å². The fourth-order valence-electron chi connectivity index (χ4n) is 3.40. The number of alkyl halides is 3. The summed E-state index contributed by atoms with van der Waals surface area (Å²) in [6.07, 6.45) is -0.345. The van der Waals surface area contributed by atoms with E-state index in [0.29, 0.717) is 5.69 Å². The number of amides is 2. The van der Waals surface area contributed by atoms with Crippen molar-refractivity contribution >= 4 is 23.2 Å². The molecule has 0 spiro atoms. The topological polar surface area (TPSA) is 71.1 Å². The predicted molar refractivity (Wildman–Crippen MR) is 110 cm³/mol. The maximum atomic E-state index is 12.9. The van der Waals surface area contributed by atoms with Gasteiger partial charge in [0.15, 0.2) is 0 Å². The first kappa shape index (κ1) is 20.6. The number of benzene rings is 2. The lowest BCUT2D eigenvalue weighted by Gasteiger charge is -2.11. The third kappa shape index (κ3) is 4.91. The number of pyridine rings is 1. The molecule has 158 valence electrons. The van der Waals surface area contributed by atoms with Crippen molar-refractivity contribution in [3.8, 4) is 0 Å². The highest BCUT2D eigenvalue weighted by Crippen LogP contribution is 2.47. The minimum absolute atomic E-state index is 0.0338. The fraction of sp³-hybridized carbons (Fsp3) is 0.174.